The van der Waals surface area contributed by atoms with Gasteiger partial charge in [0.2, 0.25) is 5.91 Å². The standard InChI is InChI=1S/C20H31N3O2S/c1-22(2)12-9-21-19(24)15-7-8-17-16(13-15)14-18(26-17)20(25)23-10-5-3-4-6-11-23/h14-15H,3-13H2,1-2H3,(H,21,24)/t15-/m0/s1. The van der Waals surface area contributed by atoms with Crippen molar-refractivity contribution in [3.05, 3.63) is 21.4 Å². The number of nitrogens with one attached hydrogen (secondary N) is 1. The summed E-state index contributed by atoms with van der Waals surface area (Å²) in [5.74, 6) is 0.391. The van der Waals surface area contributed by atoms with Crippen LogP contribution in [-0.4, -0.2) is 61.9 Å². The third-order valence-corrected chi connectivity index (χ3v) is 6.64. The van der Waals surface area contributed by atoms with E-state index in [0.717, 1.165) is 56.6 Å². The van der Waals surface area contributed by atoms with Crippen LogP contribution in [0.5, 0.6) is 0 Å². The molecule has 3 rings (SSSR count). The number of carbonyl (C=O) groups excluding carboxylic acids is 2. The molecule has 1 aromatic heterocycles. The van der Waals surface area contributed by atoms with E-state index in [4.69, 9.17) is 0 Å². The zero-order chi connectivity index (χ0) is 18.5. The van der Waals surface area contributed by atoms with Crippen molar-refractivity contribution >= 4 is 23.2 Å². The molecule has 0 spiro atoms. The van der Waals surface area contributed by atoms with Crippen molar-refractivity contribution in [2.75, 3.05) is 40.3 Å². The molecule has 0 unspecified atom stereocenters. The summed E-state index contributed by atoms with van der Waals surface area (Å²) in [5, 5.41) is 3.05. The average molecular weight is 378 g/mol. The highest BCUT2D eigenvalue weighted by Crippen LogP contribution is 2.33. The smallest absolute Gasteiger partial charge is 0.263 e. The van der Waals surface area contributed by atoms with Crippen LogP contribution in [0.3, 0.4) is 0 Å². The average Bonchev–Trinajstić information content (AvgIpc) is 2.85. The Bertz CT molecular complexity index is 633. The predicted molar refractivity (Wildman–Crippen MR) is 106 cm³/mol. The van der Waals surface area contributed by atoms with Gasteiger partial charge in [0, 0.05) is 37.0 Å². The van der Waals surface area contributed by atoms with Gasteiger partial charge >= 0.3 is 0 Å². The molecule has 1 aliphatic heterocycles. The number of aryl methyl sites for hydroxylation is 1. The van der Waals surface area contributed by atoms with Gasteiger partial charge in [0.25, 0.3) is 5.91 Å². The minimum Gasteiger partial charge on any atom is -0.355 e. The maximum Gasteiger partial charge on any atom is 0.263 e. The number of thiophene rings is 1. The molecule has 2 heterocycles. The summed E-state index contributed by atoms with van der Waals surface area (Å²) < 4.78 is 0. The van der Waals surface area contributed by atoms with Crippen LogP contribution < -0.4 is 5.32 Å². The number of nitrogens with zero attached hydrogens (tertiary/aromatic N) is 2. The summed E-state index contributed by atoms with van der Waals surface area (Å²) >= 11 is 1.65. The van der Waals surface area contributed by atoms with E-state index >= 15 is 0 Å². The molecule has 1 aliphatic carbocycles. The molecule has 0 radical (unpaired) electrons. The van der Waals surface area contributed by atoms with Gasteiger partial charge in [0.1, 0.15) is 0 Å². The molecule has 144 valence electrons. The first-order valence-electron chi connectivity index (χ1n) is 9.88. The van der Waals surface area contributed by atoms with Gasteiger partial charge < -0.3 is 15.1 Å². The Morgan fingerprint density at radius 3 is 2.65 bits per heavy atom. The van der Waals surface area contributed by atoms with Crippen LogP contribution in [0.2, 0.25) is 0 Å². The number of likely N-dealkylation sites (tertiary alicyclic amines) is 1. The Morgan fingerprint density at radius 1 is 1.23 bits per heavy atom. The zero-order valence-corrected chi connectivity index (χ0v) is 16.9. The van der Waals surface area contributed by atoms with Crippen molar-refractivity contribution in [3.8, 4) is 0 Å². The van der Waals surface area contributed by atoms with Gasteiger partial charge in [-0.2, -0.15) is 0 Å². The number of fused-ring (bicyclic) bond motifs is 1. The molecular weight excluding hydrogens is 346 g/mol. The van der Waals surface area contributed by atoms with Crippen molar-refractivity contribution in [2.45, 2.75) is 44.9 Å². The van der Waals surface area contributed by atoms with Crippen molar-refractivity contribution in [3.63, 3.8) is 0 Å². The zero-order valence-electron chi connectivity index (χ0n) is 16.1. The van der Waals surface area contributed by atoms with Gasteiger partial charge in [-0.3, -0.25) is 9.59 Å². The summed E-state index contributed by atoms with van der Waals surface area (Å²) in [7, 11) is 4.01. The Labute approximate surface area is 160 Å². The number of hydrogen-bond acceptors (Lipinski definition) is 4. The van der Waals surface area contributed by atoms with Crippen LogP contribution in [0, 0.1) is 5.92 Å². The SMILES string of the molecule is CN(C)CCNC(=O)[C@H]1CCc2sc(C(=O)N3CCCCCC3)cc2C1. The van der Waals surface area contributed by atoms with Gasteiger partial charge in [-0.1, -0.05) is 12.8 Å². The highest BCUT2D eigenvalue weighted by molar-refractivity contribution is 7.14. The Balaban J connectivity index is 1.59. The van der Waals surface area contributed by atoms with Crippen molar-refractivity contribution in [1.82, 2.24) is 15.1 Å². The first-order valence-corrected chi connectivity index (χ1v) is 10.7. The van der Waals surface area contributed by atoms with Gasteiger partial charge in [0.15, 0.2) is 0 Å². The van der Waals surface area contributed by atoms with E-state index in [1.54, 1.807) is 11.3 Å². The first-order chi connectivity index (χ1) is 12.5. The largest absolute Gasteiger partial charge is 0.355 e. The van der Waals surface area contributed by atoms with E-state index in [0.29, 0.717) is 6.54 Å². The van der Waals surface area contributed by atoms with E-state index in [9.17, 15) is 9.59 Å². The number of likely N-dealkylation sites (N-methyl/N-ethyl adjacent to an activating group) is 1. The van der Waals surface area contributed by atoms with Gasteiger partial charge in [-0.15, -0.1) is 11.3 Å². The third-order valence-electron chi connectivity index (χ3n) is 5.42. The molecule has 1 aromatic rings. The first kappa shape index (κ1) is 19.4. The molecule has 6 heteroatoms. The normalized spacial score (nSPS) is 20.6. The van der Waals surface area contributed by atoms with Gasteiger partial charge in [-0.25, -0.2) is 0 Å². The second-order valence-corrected chi connectivity index (χ2v) is 8.94. The third kappa shape index (κ3) is 4.86. The molecule has 26 heavy (non-hydrogen) atoms. The number of rotatable bonds is 5. The minimum atomic E-state index is 0.0420. The molecule has 0 bridgehead atoms. The molecule has 2 aliphatic rings. The van der Waals surface area contributed by atoms with Crippen LogP contribution in [0.25, 0.3) is 0 Å². The predicted octanol–water partition coefficient (Wildman–Crippen LogP) is 2.55. The lowest BCUT2D eigenvalue weighted by Gasteiger charge is -2.21. The van der Waals surface area contributed by atoms with Crippen molar-refractivity contribution in [1.29, 1.82) is 0 Å². The lowest BCUT2D eigenvalue weighted by molar-refractivity contribution is -0.125. The van der Waals surface area contributed by atoms with E-state index in [-0.39, 0.29) is 17.7 Å². The fourth-order valence-corrected chi connectivity index (χ4v) is 5.01. The maximum absolute atomic E-state index is 12.8. The summed E-state index contributed by atoms with van der Waals surface area (Å²) in [6.45, 7) is 3.32. The van der Waals surface area contributed by atoms with Crippen LogP contribution in [-0.2, 0) is 17.6 Å². The Kier molecular flexibility index (Phi) is 6.70. The highest BCUT2D eigenvalue weighted by atomic mass is 32.1. The van der Waals surface area contributed by atoms with Gasteiger partial charge in [-0.05, 0) is 57.8 Å². The van der Waals surface area contributed by atoms with Crippen molar-refractivity contribution in [2.24, 2.45) is 5.92 Å². The minimum absolute atomic E-state index is 0.0420. The fraction of sp³-hybridized carbons (Fsp3) is 0.700. The van der Waals surface area contributed by atoms with Crippen molar-refractivity contribution < 1.29 is 9.59 Å². The van der Waals surface area contributed by atoms with E-state index in [2.05, 4.69) is 16.3 Å². The highest BCUT2D eigenvalue weighted by Gasteiger charge is 2.28. The van der Waals surface area contributed by atoms with Crippen LogP contribution in [0.15, 0.2) is 6.07 Å². The quantitative estimate of drug-likeness (QED) is 0.858. The molecule has 1 fully saturated rings. The molecule has 0 saturated carbocycles. The molecule has 1 saturated heterocycles. The molecular formula is C20H31N3O2S. The van der Waals surface area contributed by atoms with E-state index in [1.165, 1.54) is 23.3 Å². The Morgan fingerprint density at radius 2 is 1.96 bits per heavy atom. The molecule has 2 amide bonds. The Hall–Kier alpha value is -1.40. The summed E-state index contributed by atoms with van der Waals surface area (Å²) in [6, 6.07) is 2.06. The number of carbonyl (C=O) groups is 2. The second kappa shape index (κ2) is 9.00. The lowest BCUT2D eigenvalue weighted by Crippen LogP contribution is -2.37. The monoisotopic (exact) mass is 377 g/mol. The van der Waals surface area contributed by atoms with Crippen LogP contribution in [0.1, 0.15) is 52.2 Å². The van der Waals surface area contributed by atoms with Crippen LogP contribution >= 0.6 is 11.3 Å². The maximum atomic E-state index is 12.8. The lowest BCUT2D eigenvalue weighted by atomic mass is 9.88. The molecule has 1 atom stereocenters. The summed E-state index contributed by atoms with van der Waals surface area (Å²) in [5.41, 5.74) is 1.21. The van der Waals surface area contributed by atoms with Gasteiger partial charge in [0.05, 0.1) is 4.88 Å². The number of hydrogen-bond donors (Lipinski definition) is 1. The van der Waals surface area contributed by atoms with E-state index < -0.39 is 0 Å². The second-order valence-electron chi connectivity index (χ2n) is 7.80. The summed E-state index contributed by atoms with van der Waals surface area (Å²) in [6.07, 6.45) is 7.27. The number of amides is 2. The molecule has 1 N–H and O–H groups in total. The van der Waals surface area contributed by atoms with Crippen LogP contribution in [0.4, 0.5) is 0 Å². The molecule has 0 aromatic carbocycles. The summed E-state index contributed by atoms with van der Waals surface area (Å²) in [4.78, 5) is 31.5. The van der Waals surface area contributed by atoms with E-state index in [1.807, 2.05) is 19.0 Å². The fourth-order valence-electron chi connectivity index (χ4n) is 3.83. The topological polar surface area (TPSA) is 52.7 Å². The molecule has 5 nitrogen and oxygen atoms in total.